The maximum Gasteiger partial charge on any atom is 0.268 e. The highest BCUT2D eigenvalue weighted by Gasteiger charge is 2.17. The van der Waals surface area contributed by atoms with E-state index in [0.717, 1.165) is 11.8 Å². The van der Waals surface area contributed by atoms with Crippen LogP contribution in [0.5, 0.6) is 5.75 Å². The first-order valence-corrected chi connectivity index (χ1v) is 12.3. The molecule has 164 valence electrons. The van der Waals surface area contributed by atoms with Gasteiger partial charge in [0, 0.05) is 21.9 Å². The van der Waals surface area contributed by atoms with Crippen LogP contribution in [0.25, 0.3) is 6.08 Å². The summed E-state index contributed by atoms with van der Waals surface area (Å²) in [5.74, 6) is -0.167. The van der Waals surface area contributed by atoms with Crippen molar-refractivity contribution in [3.63, 3.8) is 0 Å². The second-order valence-corrected chi connectivity index (χ2v) is 10.4. The van der Waals surface area contributed by atoms with Crippen molar-refractivity contribution >= 4 is 61.5 Å². The molecule has 3 aromatic rings. The number of carbonyl (C=O) groups is 1. The van der Waals surface area contributed by atoms with Gasteiger partial charge in [-0.15, -0.1) is 10.2 Å². The summed E-state index contributed by atoms with van der Waals surface area (Å²) in [6.45, 7) is 0.244. The van der Waals surface area contributed by atoms with E-state index in [9.17, 15) is 18.5 Å². The van der Waals surface area contributed by atoms with E-state index in [-0.39, 0.29) is 21.7 Å². The molecular formula is C20H14Cl2N4O4S2. The normalized spacial score (nSPS) is 11.6. The molecule has 0 spiro atoms. The Morgan fingerprint density at radius 1 is 1.22 bits per heavy atom. The van der Waals surface area contributed by atoms with Crippen LogP contribution in [-0.4, -0.2) is 30.8 Å². The average Bonchev–Trinajstić information content (AvgIpc) is 3.21. The van der Waals surface area contributed by atoms with E-state index < -0.39 is 15.7 Å². The summed E-state index contributed by atoms with van der Waals surface area (Å²) in [6, 6.07) is 13.7. The molecule has 2 aromatic carbocycles. The Hall–Kier alpha value is -2.97. The van der Waals surface area contributed by atoms with Crippen LogP contribution in [0.15, 0.2) is 52.4 Å². The van der Waals surface area contributed by atoms with Gasteiger partial charge in [-0.25, -0.2) is 8.42 Å². The third-order valence-corrected chi connectivity index (χ3v) is 7.00. The molecule has 0 aliphatic heterocycles. The smallest absolute Gasteiger partial charge is 0.268 e. The molecule has 1 heterocycles. The van der Waals surface area contributed by atoms with Crippen molar-refractivity contribution in [2.75, 3.05) is 11.6 Å². The van der Waals surface area contributed by atoms with Crippen LogP contribution in [0.4, 0.5) is 5.13 Å². The van der Waals surface area contributed by atoms with Crippen LogP contribution in [0, 0.1) is 11.3 Å². The third-order valence-electron chi connectivity index (χ3n) is 3.91. The van der Waals surface area contributed by atoms with Gasteiger partial charge in [0.25, 0.3) is 5.91 Å². The molecule has 1 amide bonds. The monoisotopic (exact) mass is 508 g/mol. The largest absolute Gasteiger partial charge is 0.489 e. The molecule has 0 fully saturated rings. The topological polar surface area (TPSA) is 122 Å². The Morgan fingerprint density at radius 3 is 2.53 bits per heavy atom. The minimum absolute atomic E-state index is 0.0267. The zero-order valence-corrected chi connectivity index (χ0v) is 19.5. The summed E-state index contributed by atoms with van der Waals surface area (Å²) in [5.41, 5.74) is 1.17. The van der Waals surface area contributed by atoms with Crippen molar-refractivity contribution in [3.05, 3.63) is 69.2 Å². The lowest BCUT2D eigenvalue weighted by Gasteiger charge is -2.08. The number of anilines is 1. The predicted octanol–water partition coefficient (Wildman–Crippen LogP) is 4.37. The number of halogens is 2. The van der Waals surface area contributed by atoms with E-state index in [1.807, 2.05) is 6.07 Å². The molecule has 0 aliphatic carbocycles. The van der Waals surface area contributed by atoms with Gasteiger partial charge < -0.3 is 4.74 Å². The fraction of sp³-hybridized carbons (Fsp3) is 0.100. The summed E-state index contributed by atoms with van der Waals surface area (Å²) in [7, 11) is -3.53. The lowest BCUT2D eigenvalue weighted by atomic mass is 10.1. The number of nitrogens with zero attached hydrogens (tertiary/aromatic N) is 3. The number of hydrogen-bond acceptors (Lipinski definition) is 8. The zero-order chi connectivity index (χ0) is 23.3. The van der Waals surface area contributed by atoms with Gasteiger partial charge in [-0.1, -0.05) is 52.7 Å². The molecular weight excluding hydrogens is 495 g/mol. The first-order chi connectivity index (χ1) is 15.2. The Morgan fingerprint density at radius 2 is 1.94 bits per heavy atom. The van der Waals surface area contributed by atoms with E-state index in [2.05, 4.69) is 15.5 Å². The fourth-order valence-electron chi connectivity index (χ4n) is 2.35. The van der Waals surface area contributed by atoms with Crippen molar-refractivity contribution in [1.82, 2.24) is 10.2 Å². The number of aromatic nitrogens is 2. The van der Waals surface area contributed by atoms with Crippen molar-refractivity contribution in [2.24, 2.45) is 0 Å². The molecule has 0 atom stereocenters. The van der Waals surface area contributed by atoms with E-state index in [4.69, 9.17) is 27.9 Å². The van der Waals surface area contributed by atoms with Crippen LogP contribution in [0.1, 0.15) is 11.1 Å². The lowest BCUT2D eigenvalue weighted by Crippen LogP contribution is -2.13. The van der Waals surface area contributed by atoms with Gasteiger partial charge in [0.2, 0.25) is 19.3 Å². The number of hydrogen-bond donors (Lipinski definition) is 1. The maximum absolute atomic E-state index is 12.3. The Labute approximate surface area is 198 Å². The molecule has 0 saturated heterocycles. The van der Waals surface area contributed by atoms with Crippen LogP contribution in [0.2, 0.25) is 10.0 Å². The second kappa shape index (κ2) is 10.1. The number of ether oxygens (including phenoxy) is 1. The standard InChI is InChI=1S/C20H14Cl2N4O4S2/c1-32(28,29)20-26-25-19(31-20)24-18(27)14(10-23)8-12-2-6-16(7-3-12)30-11-13-4-5-15(21)9-17(13)22/h2-9H,11H2,1H3,(H,24,25,27). The summed E-state index contributed by atoms with van der Waals surface area (Å²) in [5, 5.41) is 19.8. The van der Waals surface area contributed by atoms with Gasteiger partial charge in [-0.05, 0) is 35.9 Å². The van der Waals surface area contributed by atoms with Crippen molar-refractivity contribution in [2.45, 2.75) is 10.9 Å². The van der Waals surface area contributed by atoms with Crippen molar-refractivity contribution in [1.29, 1.82) is 5.26 Å². The quantitative estimate of drug-likeness (QED) is 0.285. The van der Waals surface area contributed by atoms with Gasteiger partial charge in [0.1, 0.15) is 24.0 Å². The third kappa shape index (κ3) is 6.27. The van der Waals surface area contributed by atoms with Crippen LogP contribution in [0.3, 0.4) is 0 Å². The van der Waals surface area contributed by atoms with Crippen LogP contribution in [-0.2, 0) is 21.2 Å². The number of rotatable bonds is 7. The zero-order valence-electron chi connectivity index (χ0n) is 16.4. The molecule has 12 heteroatoms. The molecule has 32 heavy (non-hydrogen) atoms. The summed E-state index contributed by atoms with van der Waals surface area (Å²) < 4.78 is 28.4. The van der Waals surface area contributed by atoms with Gasteiger partial charge in [0.05, 0.1) is 0 Å². The van der Waals surface area contributed by atoms with Crippen LogP contribution < -0.4 is 10.1 Å². The highest BCUT2D eigenvalue weighted by atomic mass is 35.5. The van der Waals surface area contributed by atoms with E-state index >= 15 is 0 Å². The first kappa shape index (κ1) is 23.7. The summed E-state index contributed by atoms with van der Waals surface area (Å²) in [4.78, 5) is 12.3. The Bertz CT molecular complexity index is 1330. The van der Waals surface area contributed by atoms with Gasteiger partial charge >= 0.3 is 0 Å². The Balaban J connectivity index is 1.66. The summed E-state index contributed by atoms with van der Waals surface area (Å²) >= 11 is 12.7. The minimum Gasteiger partial charge on any atom is -0.489 e. The molecule has 1 N–H and O–H groups in total. The Kier molecular flexibility index (Phi) is 7.48. The van der Waals surface area contributed by atoms with Gasteiger partial charge in [-0.3, -0.25) is 10.1 Å². The van der Waals surface area contributed by atoms with Gasteiger partial charge in [0.15, 0.2) is 0 Å². The lowest BCUT2D eigenvalue weighted by molar-refractivity contribution is -0.112. The summed E-state index contributed by atoms with van der Waals surface area (Å²) in [6.07, 6.45) is 2.37. The van der Waals surface area contributed by atoms with E-state index in [1.165, 1.54) is 6.08 Å². The minimum atomic E-state index is -3.53. The average molecular weight is 509 g/mol. The molecule has 1 aromatic heterocycles. The molecule has 8 nitrogen and oxygen atoms in total. The first-order valence-electron chi connectivity index (χ1n) is 8.79. The number of benzene rings is 2. The number of amides is 1. The molecule has 3 rings (SSSR count). The fourth-order valence-corrected chi connectivity index (χ4v) is 4.32. The molecule has 0 radical (unpaired) electrons. The number of carbonyl (C=O) groups excluding carboxylic acids is 1. The number of sulfone groups is 1. The maximum atomic E-state index is 12.3. The molecule has 0 unspecified atom stereocenters. The molecule has 0 saturated carbocycles. The highest BCUT2D eigenvalue weighted by molar-refractivity contribution is 7.92. The SMILES string of the molecule is CS(=O)(=O)c1nnc(NC(=O)C(C#N)=Cc2ccc(OCc3ccc(Cl)cc3Cl)cc2)s1. The predicted molar refractivity (Wildman–Crippen MR) is 122 cm³/mol. The number of nitrogens with one attached hydrogen (secondary N) is 1. The van der Waals surface area contributed by atoms with Crippen LogP contribution >= 0.6 is 34.5 Å². The second-order valence-electron chi connectivity index (χ2n) is 6.36. The van der Waals surface area contributed by atoms with E-state index in [1.54, 1.807) is 42.5 Å². The van der Waals surface area contributed by atoms with E-state index in [0.29, 0.717) is 32.7 Å². The van der Waals surface area contributed by atoms with Crippen molar-refractivity contribution < 1.29 is 17.9 Å². The van der Waals surface area contributed by atoms with Gasteiger partial charge in [-0.2, -0.15) is 5.26 Å². The van der Waals surface area contributed by atoms with Crippen molar-refractivity contribution in [3.8, 4) is 11.8 Å². The number of nitriles is 1. The molecule has 0 bridgehead atoms. The highest BCUT2D eigenvalue weighted by Crippen LogP contribution is 2.24. The molecule has 0 aliphatic rings.